The van der Waals surface area contributed by atoms with E-state index >= 15 is 0 Å². The molecule has 1 aromatic carbocycles. The van der Waals surface area contributed by atoms with Crippen LogP contribution in [0.2, 0.25) is 0 Å². The number of hydrogen-bond donors (Lipinski definition) is 1. The Balaban J connectivity index is 1.90. The molecular formula is C16H17NO4. The normalized spacial score (nSPS) is 21.5. The van der Waals surface area contributed by atoms with Crippen molar-refractivity contribution in [2.24, 2.45) is 0 Å². The number of aliphatic hydroxyl groups is 1. The Kier molecular flexibility index (Phi) is 3.66. The average Bonchev–Trinajstić information content (AvgIpc) is 3.16. The maximum Gasteiger partial charge on any atom is 0.290 e. The lowest BCUT2D eigenvalue weighted by Crippen LogP contribution is -2.31. The van der Waals surface area contributed by atoms with Crippen molar-refractivity contribution < 1.29 is 19.1 Å². The number of rotatable bonds is 3. The molecule has 0 bridgehead atoms. The molecule has 0 aliphatic carbocycles. The third kappa shape index (κ3) is 2.64. The number of methoxy groups -OCH3 is 1. The van der Waals surface area contributed by atoms with E-state index in [0.717, 1.165) is 11.3 Å². The predicted octanol–water partition coefficient (Wildman–Crippen LogP) is 2.24. The van der Waals surface area contributed by atoms with Crippen LogP contribution in [0.25, 0.3) is 0 Å². The Hall–Kier alpha value is -2.27. The molecule has 2 atom stereocenters. The Morgan fingerprint density at radius 2 is 2.24 bits per heavy atom. The fourth-order valence-corrected chi connectivity index (χ4v) is 2.74. The molecule has 0 radical (unpaired) electrons. The van der Waals surface area contributed by atoms with Crippen LogP contribution < -0.4 is 4.74 Å². The zero-order valence-corrected chi connectivity index (χ0v) is 11.7. The molecule has 1 fully saturated rings. The second kappa shape index (κ2) is 5.61. The maximum atomic E-state index is 12.5. The van der Waals surface area contributed by atoms with Gasteiger partial charge in [-0.2, -0.15) is 0 Å². The third-order valence-electron chi connectivity index (χ3n) is 3.75. The van der Waals surface area contributed by atoms with E-state index in [9.17, 15) is 9.90 Å². The zero-order valence-electron chi connectivity index (χ0n) is 11.7. The van der Waals surface area contributed by atoms with Crippen LogP contribution in [0.3, 0.4) is 0 Å². The molecule has 5 nitrogen and oxygen atoms in total. The molecule has 1 aromatic heterocycles. The highest BCUT2D eigenvalue weighted by Crippen LogP contribution is 2.34. The van der Waals surface area contributed by atoms with Gasteiger partial charge in [0.15, 0.2) is 5.76 Å². The topological polar surface area (TPSA) is 62.9 Å². The molecule has 2 aromatic rings. The number of carbonyl (C=O) groups excluding carboxylic acids is 1. The lowest BCUT2D eigenvalue weighted by molar-refractivity contribution is 0.0683. The zero-order chi connectivity index (χ0) is 14.8. The average molecular weight is 287 g/mol. The van der Waals surface area contributed by atoms with Crippen molar-refractivity contribution in [1.82, 2.24) is 4.90 Å². The molecule has 0 spiro atoms. The number of aliphatic hydroxyl groups excluding tert-OH is 1. The Morgan fingerprint density at radius 1 is 1.38 bits per heavy atom. The molecule has 110 valence electrons. The van der Waals surface area contributed by atoms with Crippen molar-refractivity contribution in [1.29, 1.82) is 0 Å². The lowest BCUT2D eigenvalue weighted by atomic mass is 10.0. The monoisotopic (exact) mass is 287 g/mol. The van der Waals surface area contributed by atoms with Gasteiger partial charge in [0.05, 0.1) is 25.5 Å². The minimum absolute atomic E-state index is 0.173. The summed E-state index contributed by atoms with van der Waals surface area (Å²) in [5.74, 6) is 0.820. The molecule has 3 rings (SSSR count). The first-order valence-electron chi connectivity index (χ1n) is 6.85. The van der Waals surface area contributed by atoms with Crippen LogP contribution in [0, 0.1) is 0 Å². The number of likely N-dealkylation sites (tertiary alicyclic amines) is 1. The van der Waals surface area contributed by atoms with E-state index in [-0.39, 0.29) is 17.7 Å². The standard InChI is InChI=1S/C16H17NO4/c1-20-13-5-2-4-11(8-13)14-9-12(18)10-17(14)16(19)15-6-3-7-21-15/h2-8,12,14,18H,9-10H2,1H3. The number of ether oxygens (including phenoxy) is 1. The predicted molar refractivity (Wildman–Crippen MR) is 76.1 cm³/mol. The van der Waals surface area contributed by atoms with Crippen molar-refractivity contribution >= 4 is 5.91 Å². The van der Waals surface area contributed by atoms with E-state index in [1.807, 2.05) is 24.3 Å². The number of amides is 1. The van der Waals surface area contributed by atoms with Gasteiger partial charge in [0.1, 0.15) is 5.75 Å². The highest BCUT2D eigenvalue weighted by atomic mass is 16.5. The van der Waals surface area contributed by atoms with Crippen molar-refractivity contribution in [2.45, 2.75) is 18.6 Å². The molecular weight excluding hydrogens is 270 g/mol. The molecule has 1 amide bonds. The molecule has 2 heterocycles. The molecule has 5 heteroatoms. The summed E-state index contributed by atoms with van der Waals surface area (Å²) in [5, 5.41) is 9.95. The second-order valence-corrected chi connectivity index (χ2v) is 5.12. The van der Waals surface area contributed by atoms with Gasteiger partial charge in [0.2, 0.25) is 0 Å². The molecule has 0 saturated carbocycles. The van der Waals surface area contributed by atoms with Gasteiger partial charge in [0, 0.05) is 6.54 Å². The van der Waals surface area contributed by atoms with Crippen LogP contribution in [0.4, 0.5) is 0 Å². The summed E-state index contributed by atoms with van der Waals surface area (Å²) in [4.78, 5) is 14.1. The van der Waals surface area contributed by atoms with Crippen LogP contribution in [0.1, 0.15) is 28.6 Å². The summed E-state index contributed by atoms with van der Waals surface area (Å²) in [6.07, 6.45) is 1.46. The van der Waals surface area contributed by atoms with E-state index in [1.165, 1.54) is 6.26 Å². The molecule has 21 heavy (non-hydrogen) atoms. The fraction of sp³-hybridized carbons (Fsp3) is 0.312. The molecule has 1 aliphatic rings. The van der Waals surface area contributed by atoms with E-state index in [1.54, 1.807) is 24.1 Å². The van der Waals surface area contributed by atoms with Crippen molar-refractivity contribution in [3.05, 3.63) is 54.0 Å². The van der Waals surface area contributed by atoms with Gasteiger partial charge in [-0.1, -0.05) is 12.1 Å². The highest BCUT2D eigenvalue weighted by molar-refractivity contribution is 5.92. The van der Waals surface area contributed by atoms with Gasteiger partial charge < -0.3 is 19.2 Å². The van der Waals surface area contributed by atoms with Crippen LogP contribution in [0.5, 0.6) is 5.75 Å². The summed E-state index contributed by atoms with van der Waals surface area (Å²) in [5.41, 5.74) is 0.950. The summed E-state index contributed by atoms with van der Waals surface area (Å²) >= 11 is 0. The summed E-state index contributed by atoms with van der Waals surface area (Å²) in [7, 11) is 1.61. The summed E-state index contributed by atoms with van der Waals surface area (Å²) in [6, 6.07) is 10.7. The Morgan fingerprint density at radius 3 is 2.95 bits per heavy atom. The van der Waals surface area contributed by atoms with Crippen molar-refractivity contribution in [2.75, 3.05) is 13.7 Å². The van der Waals surface area contributed by atoms with Crippen LogP contribution in [-0.2, 0) is 0 Å². The van der Waals surface area contributed by atoms with Crippen LogP contribution >= 0.6 is 0 Å². The highest BCUT2D eigenvalue weighted by Gasteiger charge is 2.36. The second-order valence-electron chi connectivity index (χ2n) is 5.12. The van der Waals surface area contributed by atoms with E-state index in [0.29, 0.717) is 13.0 Å². The van der Waals surface area contributed by atoms with Gasteiger partial charge >= 0.3 is 0 Å². The molecule has 1 aliphatic heterocycles. The number of furan rings is 1. The van der Waals surface area contributed by atoms with E-state index < -0.39 is 6.10 Å². The van der Waals surface area contributed by atoms with Gasteiger partial charge in [0.25, 0.3) is 5.91 Å². The first-order valence-corrected chi connectivity index (χ1v) is 6.85. The lowest BCUT2D eigenvalue weighted by Gasteiger charge is -2.24. The maximum absolute atomic E-state index is 12.5. The van der Waals surface area contributed by atoms with Gasteiger partial charge in [-0.25, -0.2) is 0 Å². The smallest absolute Gasteiger partial charge is 0.290 e. The van der Waals surface area contributed by atoms with Gasteiger partial charge in [-0.3, -0.25) is 4.79 Å². The molecule has 2 unspecified atom stereocenters. The fourth-order valence-electron chi connectivity index (χ4n) is 2.74. The number of nitrogens with zero attached hydrogens (tertiary/aromatic N) is 1. The van der Waals surface area contributed by atoms with Crippen molar-refractivity contribution in [3.63, 3.8) is 0 Å². The van der Waals surface area contributed by atoms with Crippen molar-refractivity contribution in [3.8, 4) is 5.75 Å². The number of carbonyl (C=O) groups is 1. The Labute approximate surface area is 122 Å². The Bertz CT molecular complexity index is 623. The van der Waals surface area contributed by atoms with Crippen LogP contribution in [0.15, 0.2) is 47.1 Å². The minimum Gasteiger partial charge on any atom is -0.497 e. The first-order chi connectivity index (χ1) is 10.2. The summed E-state index contributed by atoms with van der Waals surface area (Å²) < 4.78 is 10.4. The molecule has 1 saturated heterocycles. The van der Waals surface area contributed by atoms with Gasteiger partial charge in [-0.15, -0.1) is 0 Å². The SMILES string of the molecule is COc1cccc(C2CC(O)CN2C(=O)c2ccco2)c1. The first kappa shape index (κ1) is 13.7. The number of benzene rings is 1. The van der Waals surface area contributed by atoms with Crippen LogP contribution in [-0.4, -0.2) is 35.7 Å². The molecule has 1 N–H and O–H groups in total. The summed E-state index contributed by atoms with van der Waals surface area (Å²) in [6.45, 7) is 0.307. The minimum atomic E-state index is -0.528. The number of β-amino-alcohol motifs (C(OH)–C–C–N with tert-alkyl or cyclic N) is 1. The third-order valence-corrected chi connectivity index (χ3v) is 3.75. The van der Waals surface area contributed by atoms with E-state index in [2.05, 4.69) is 0 Å². The largest absolute Gasteiger partial charge is 0.497 e. The van der Waals surface area contributed by atoms with Gasteiger partial charge in [-0.05, 0) is 36.2 Å². The number of hydrogen-bond acceptors (Lipinski definition) is 4. The quantitative estimate of drug-likeness (QED) is 0.940. The van der Waals surface area contributed by atoms with E-state index in [4.69, 9.17) is 9.15 Å².